The van der Waals surface area contributed by atoms with E-state index < -0.39 is 0 Å². The number of aromatic nitrogens is 3. The molecular formula is C26H32ClN5O2. The SMILES string of the molecule is C[C@H](Nc1nccc([C@@H]2C(=O)NCC2[C@@H](C)OC(C)(C)C)n1)c1ccc(-c2ccc(Cl)cc2)[nH]1. The van der Waals surface area contributed by atoms with Crippen molar-refractivity contribution >= 4 is 23.5 Å². The van der Waals surface area contributed by atoms with Gasteiger partial charge in [0, 0.05) is 35.1 Å². The van der Waals surface area contributed by atoms with Crippen LogP contribution in [-0.4, -0.2) is 39.1 Å². The summed E-state index contributed by atoms with van der Waals surface area (Å²) in [5.74, 6) is 0.0787. The fourth-order valence-electron chi connectivity index (χ4n) is 4.43. The molecule has 0 spiro atoms. The van der Waals surface area contributed by atoms with Crippen LogP contribution in [0.5, 0.6) is 0 Å². The summed E-state index contributed by atoms with van der Waals surface area (Å²) in [5, 5.41) is 7.04. The summed E-state index contributed by atoms with van der Waals surface area (Å²) >= 11 is 6.00. The Hall–Kier alpha value is -2.90. The molecule has 1 unspecified atom stereocenters. The predicted molar refractivity (Wildman–Crippen MR) is 135 cm³/mol. The molecule has 1 fully saturated rings. The summed E-state index contributed by atoms with van der Waals surface area (Å²) in [6, 6.07) is 13.5. The van der Waals surface area contributed by atoms with Gasteiger partial charge in [-0.05, 0) is 70.5 Å². The lowest BCUT2D eigenvalue weighted by Crippen LogP contribution is -2.34. The number of aromatic amines is 1. The van der Waals surface area contributed by atoms with E-state index in [-0.39, 0.29) is 35.5 Å². The Labute approximate surface area is 205 Å². The number of benzene rings is 1. The molecule has 0 saturated carbocycles. The van der Waals surface area contributed by atoms with E-state index in [0.29, 0.717) is 23.2 Å². The molecule has 3 N–H and O–H groups in total. The van der Waals surface area contributed by atoms with Crippen molar-refractivity contribution in [1.29, 1.82) is 0 Å². The second-order valence-corrected chi connectivity index (χ2v) is 10.3. The molecule has 2 aromatic heterocycles. The van der Waals surface area contributed by atoms with Crippen molar-refractivity contribution in [2.75, 3.05) is 11.9 Å². The lowest BCUT2D eigenvalue weighted by molar-refractivity contribution is -0.122. The van der Waals surface area contributed by atoms with E-state index in [4.69, 9.17) is 21.3 Å². The molecule has 8 heteroatoms. The van der Waals surface area contributed by atoms with Gasteiger partial charge in [0.2, 0.25) is 11.9 Å². The second-order valence-electron chi connectivity index (χ2n) is 9.83. The van der Waals surface area contributed by atoms with E-state index in [1.165, 1.54) is 0 Å². The number of halogens is 1. The number of nitrogens with one attached hydrogen (secondary N) is 3. The monoisotopic (exact) mass is 481 g/mol. The molecular weight excluding hydrogens is 450 g/mol. The van der Waals surface area contributed by atoms with Gasteiger partial charge in [-0.3, -0.25) is 4.79 Å². The molecule has 1 aliphatic rings. The number of hydrogen-bond acceptors (Lipinski definition) is 5. The van der Waals surface area contributed by atoms with Crippen molar-refractivity contribution in [2.24, 2.45) is 5.92 Å². The van der Waals surface area contributed by atoms with E-state index in [2.05, 4.69) is 20.6 Å². The third-order valence-corrected chi connectivity index (χ3v) is 6.29. The number of nitrogens with zero attached hydrogens (tertiary/aromatic N) is 2. The summed E-state index contributed by atoms with van der Waals surface area (Å²) in [6.45, 7) is 10.7. The maximum absolute atomic E-state index is 12.7. The number of H-pyrrole nitrogens is 1. The molecule has 0 bridgehead atoms. The number of rotatable bonds is 7. The van der Waals surface area contributed by atoms with Gasteiger partial charge in [-0.2, -0.15) is 0 Å². The van der Waals surface area contributed by atoms with Gasteiger partial charge >= 0.3 is 0 Å². The summed E-state index contributed by atoms with van der Waals surface area (Å²) in [4.78, 5) is 25.3. The van der Waals surface area contributed by atoms with E-state index in [0.717, 1.165) is 17.0 Å². The molecule has 34 heavy (non-hydrogen) atoms. The van der Waals surface area contributed by atoms with E-state index >= 15 is 0 Å². The normalized spacial score (nSPS) is 20.1. The standard InChI is InChI=1S/C26H32ClN5O2/c1-15(20-10-11-21(31-20)17-6-8-18(27)9-7-17)30-25-28-13-12-22(32-25)23-19(14-29-24(23)33)16(2)34-26(3,4)5/h6-13,15-16,19,23,31H,14H2,1-5H3,(H,29,33)(H,28,30,32)/t15-,16+,19?,23+/m0/s1. The largest absolute Gasteiger partial charge is 0.373 e. The summed E-state index contributed by atoms with van der Waals surface area (Å²) in [6.07, 6.45) is 1.60. The lowest BCUT2D eigenvalue weighted by atomic mass is 9.88. The molecule has 1 aromatic carbocycles. The molecule has 7 nitrogen and oxygen atoms in total. The first-order valence-electron chi connectivity index (χ1n) is 11.6. The minimum Gasteiger partial charge on any atom is -0.373 e. The Morgan fingerprint density at radius 3 is 2.56 bits per heavy atom. The van der Waals surface area contributed by atoms with Gasteiger partial charge in [-0.1, -0.05) is 23.7 Å². The highest BCUT2D eigenvalue weighted by atomic mass is 35.5. The quantitative estimate of drug-likeness (QED) is 0.424. The molecule has 0 radical (unpaired) electrons. The van der Waals surface area contributed by atoms with Crippen LogP contribution in [0.25, 0.3) is 11.3 Å². The van der Waals surface area contributed by atoms with Crippen molar-refractivity contribution in [2.45, 2.75) is 58.3 Å². The highest BCUT2D eigenvalue weighted by Gasteiger charge is 2.41. The van der Waals surface area contributed by atoms with Gasteiger partial charge in [-0.25, -0.2) is 9.97 Å². The van der Waals surface area contributed by atoms with Crippen LogP contribution < -0.4 is 10.6 Å². The molecule has 3 aromatic rings. The Balaban J connectivity index is 1.49. The van der Waals surface area contributed by atoms with Crippen molar-refractivity contribution < 1.29 is 9.53 Å². The van der Waals surface area contributed by atoms with Crippen LogP contribution in [0.3, 0.4) is 0 Å². The van der Waals surface area contributed by atoms with Gasteiger partial charge in [0.05, 0.1) is 29.4 Å². The highest BCUT2D eigenvalue weighted by Crippen LogP contribution is 2.33. The van der Waals surface area contributed by atoms with Crippen molar-refractivity contribution in [3.63, 3.8) is 0 Å². The molecule has 0 aliphatic carbocycles. The zero-order valence-corrected chi connectivity index (χ0v) is 21.0. The molecule has 4 atom stereocenters. The fourth-order valence-corrected chi connectivity index (χ4v) is 4.55. The third kappa shape index (κ3) is 5.59. The molecule has 3 heterocycles. The van der Waals surface area contributed by atoms with Crippen LogP contribution in [0.4, 0.5) is 5.95 Å². The molecule has 180 valence electrons. The predicted octanol–water partition coefficient (Wildman–Crippen LogP) is 5.33. The number of carbonyl (C=O) groups is 1. The zero-order valence-electron chi connectivity index (χ0n) is 20.2. The number of carbonyl (C=O) groups excluding carboxylic acids is 1. The van der Waals surface area contributed by atoms with Crippen LogP contribution in [-0.2, 0) is 9.53 Å². The van der Waals surface area contributed by atoms with Crippen molar-refractivity contribution in [3.8, 4) is 11.3 Å². The second kappa shape index (κ2) is 9.76. The Morgan fingerprint density at radius 1 is 1.12 bits per heavy atom. The lowest BCUT2D eigenvalue weighted by Gasteiger charge is -2.30. The summed E-state index contributed by atoms with van der Waals surface area (Å²) in [5.41, 5.74) is 3.48. The minimum atomic E-state index is -0.377. The van der Waals surface area contributed by atoms with Gasteiger partial charge in [-0.15, -0.1) is 0 Å². The van der Waals surface area contributed by atoms with E-state index in [1.54, 1.807) is 6.20 Å². The van der Waals surface area contributed by atoms with Crippen LogP contribution in [0.1, 0.15) is 58.0 Å². The maximum atomic E-state index is 12.7. The average Bonchev–Trinajstić information content (AvgIpc) is 3.40. The Bertz CT molecular complexity index is 1140. The molecule has 1 aliphatic heterocycles. The molecule has 1 amide bonds. The van der Waals surface area contributed by atoms with Crippen molar-refractivity contribution in [1.82, 2.24) is 20.3 Å². The number of ether oxygens (including phenoxy) is 1. The smallest absolute Gasteiger partial charge is 0.229 e. The van der Waals surface area contributed by atoms with Gasteiger partial charge < -0.3 is 20.4 Å². The summed E-state index contributed by atoms with van der Waals surface area (Å²) < 4.78 is 6.16. The maximum Gasteiger partial charge on any atom is 0.229 e. The first kappa shape index (κ1) is 24.2. The molecule has 1 saturated heterocycles. The fraction of sp³-hybridized carbons (Fsp3) is 0.423. The van der Waals surface area contributed by atoms with Crippen LogP contribution >= 0.6 is 11.6 Å². The third-order valence-electron chi connectivity index (χ3n) is 6.04. The number of hydrogen-bond donors (Lipinski definition) is 3. The van der Waals surface area contributed by atoms with E-state index in [9.17, 15) is 4.79 Å². The van der Waals surface area contributed by atoms with E-state index in [1.807, 2.05) is 77.1 Å². The topological polar surface area (TPSA) is 91.9 Å². The zero-order chi connectivity index (χ0) is 24.5. The minimum absolute atomic E-state index is 0.00256. The van der Waals surface area contributed by atoms with Crippen LogP contribution in [0.15, 0.2) is 48.7 Å². The van der Waals surface area contributed by atoms with Crippen LogP contribution in [0, 0.1) is 5.92 Å². The Kier molecular flexibility index (Phi) is 6.96. The highest BCUT2D eigenvalue weighted by molar-refractivity contribution is 6.30. The first-order chi connectivity index (χ1) is 16.1. The van der Waals surface area contributed by atoms with Crippen LogP contribution in [0.2, 0.25) is 5.02 Å². The van der Waals surface area contributed by atoms with Gasteiger partial charge in [0.1, 0.15) is 0 Å². The van der Waals surface area contributed by atoms with Gasteiger partial charge in [0.25, 0.3) is 0 Å². The number of amides is 1. The summed E-state index contributed by atoms with van der Waals surface area (Å²) in [7, 11) is 0. The Morgan fingerprint density at radius 2 is 1.85 bits per heavy atom. The average molecular weight is 482 g/mol. The van der Waals surface area contributed by atoms with Gasteiger partial charge in [0.15, 0.2) is 0 Å². The van der Waals surface area contributed by atoms with Crippen molar-refractivity contribution in [3.05, 3.63) is 65.1 Å². The molecule has 4 rings (SSSR count). The first-order valence-corrected chi connectivity index (χ1v) is 12.0. The number of anilines is 1.